The van der Waals surface area contributed by atoms with Gasteiger partial charge in [-0.15, -0.1) is 0 Å². The monoisotopic (exact) mass is 277 g/mol. The van der Waals surface area contributed by atoms with E-state index in [1.165, 1.54) is 10.8 Å². The van der Waals surface area contributed by atoms with Crippen molar-refractivity contribution in [1.82, 2.24) is 9.97 Å². The zero-order chi connectivity index (χ0) is 14.7. The van der Waals surface area contributed by atoms with Crippen molar-refractivity contribution in [2.45, 2.75) is 20.3 Å². The summed E-state index contributed by atoms with van der Waals surface area (Å²) in [5.74, 6) is 0.926. The van der Waals surface area contributed by atoms with Crippen molar-refractivity contribution in [3.8, 4) is 11.3 Å². The number of aromatic nitrogens is 2. The van der Waals surface area contributed by atoms with Crippen molar-refractivity contribution in [2.24, 2.45) is 0 Å². The molecule has 1 aromatic heterocycles. The van der Waals surface area contributed by atoms with Gasteiger partial charge < -0.3 is 5.32 Å². The summed E-state index contributed by atoms with van der Waals surface area (Å²) in [6.45, 7) is 5.14. The van der Waals surface area contributed by atoms with Crippen molar-refractivity contribution in [3.05, 3.63) is 54.4 Å². The molecule has 3 nitrogen and oxygen atoms in total. The van der Waals surface area contributed by atoms with Gasteiger partial charge in [0.25, 0.3) is 0 Å². The van der Waals surface area contributed by atoms with Crippen molar-refractivity contribution < 1.29 is 0 Å². The number of nitrogens with zero attached hydrogens (tertiary/aromatic N) is 2. The Balaban J connectivity index is 2.05. The van der Waals surface area contributed by atoms with Crippen molar-refractivity contribution in [3.63, 3.8) is 0 Å². The Hall–Kier alpha value is -2.42. The van der Waals surface area contributed by atoms with Gasteiger partial charge in [-0.3, -0.25) is 0 Å². The average Bonchev–Trinajstić information content (AvgIpc) is 2.53. The van der Waals surface area contributed by atoms with Gasteiger partial charge in [-0.05, 0) is 30.2 Å². The summed E-state index contributed by atoms with van der Waals surface area (Å²) >= 11 is 0. The van der Waals surface area contributed by atoms with Gasteiger partial charge in [0, 0.05) is 17.7 Å². The lowest BCUT2D eigenvalue weighted by Crippen LogP contribution is -2.05. The summed E-state index contributed by atoms with van der Waals surface area (Å²) in [5.41, 5.74) is 3.23. The first kappa shape index (κ1) is 13.6. The minimum absolute atomic E-state index is 0.926. The van der Waals surface area contributed by atoms with Crippen LogP contribution in [0, 0.1) is 6.92 Å². The minimum Gasteiger partial charge on any atom is -0.370 e. The van der Waals surface area contributed by atoms with Crippen LogP contribution in [0.5, 0.6) is 0 Å². The Labute approximate surface area is 125 Å². The second-order valence-electron chi connectivity index (χ2n) is 5.18. The molecule has 0 atom stereocenters. The molecule has 0 aliphatic heterocycles. The third kappa shape index (κ3) is 2.72. The number of fused-ring (bicyclic) bond motifs is 1. The molecule has 106 valence electrons. The maximum atomic E-state index is 4.47. The third-order valence-electron chi connectivity index (χ3n) is 3.65. The Morgan fingerprint density at radius 1 is 1.00 bits per heavy atom. The van der Waals surface area contributed by atoms with Crippen LogP contribution in [0.1, 0.15) is 18.9 Å². The van der Waals surface area contributed by atoms with Gasteiger partial charge in [0.05, 0.1) is 5.69 Å². The normalized spacial score (nSPS) is 10.8. The fourth-order valence-electron chi connectivity index (χ4n) is 2.50. The van der Waals surface area contributed by atoms with Crippen LogP contribution in [0.25, 0.3) is 22.0 Å². The molecule has 3 rings (SSSR count). The predicted molar refractivity (Wildman–Crippen MR) is 88.5 cm³/mol. The molecule has 3 aromatic rings. The molecule has 0 aliphatic rings. The van der Waals surface area contributed by atoms with E-state index < -0.39 is 0 Å². The standard InChI is InChI=1S/C18H19N3/c1-3-10-19-18-13(2)17(20-12-21-18)16-9-8-14-6-4-5-7-15(14)11-16/h4-9,11-12H,3,10H2,1-2H3,(H,19,20,21). The number of hydrogen-bond acceptors (Lipinski definition) is 3. The predicted octanol–water partition coefficient (Wildman–Crippen LogP) is 4.43. The highest BCUT2D eigenvalue weighted by molar-refractivity contribution is 5.87. The van der Waals surface area contributed by atoms with E-state index in [0.29, 0.717) is 0 Å². The van der Waals surface area contributed by atoms with E-state index in [9.17, 15) is 0 Å². The van der Waals surface area contributed by atoms with E-state index >= 15 is 0 Å². The zero-order valence-electron chi connectivity index (χ0n) is 12.4. The van der Waals surface area contributed by atoms with Crippen molar-refractivity contribution in [1.29, 1.82) is 0 Å². The summed E-state index contributed by atoms with van der Waals surface area (Å²) in [7, 11) is 0. The summed E-state index contributed by atoms with van der Waals surface area (Å²) < 4.78 is 0. The molecule has 1 heterocycles. The number of nitrogens with one attached hydrogen (secondary N) is 1. The first-order valence-electron chi connectivity index (χ1n) is 7.34. The fourth-order valence-corrected chi connectivity index (χ4v) is 2.50. The highest BCUT2D eigenvalue weighted by Crippen LogP contribution is 2.27. The molecule has 0 bridgehead atoms. The zero-order valence-corrected chi connectivity index (χ0v) is 12.4. The number of rotatable bonds is 4. The van der Waals surface area contributed by atoms with E-state index in [0.717, 1.165) is 35.6 Å². The first-order chi connectivity index (χ1) is 10.3. The van der Waals surface area contributed by atoms with Gasteiger partial charge in [0.15, 0.2) is 0 Å². The van der Waals surface area contributed by atoms with Crippen molar-refractivity contribution in [2.75, 3.05) is 11.9 Å². The van der Waals surface area contributed by atoms with Gasteiger partial charge in [-0.1, -0.05) is 43.3 Å². The van der Waals surface area contributed by atoms with Gasteiger partial charge in [0.2, 0.25) is 0 Å². The summed E-state index contributed by atoms with van der Waals surface area (Å²) in [4.78, 5) is 8.82. The molecule has 0 radical (unpaired) electrons. The Bertz CT molecular complexity index is 765. The maximum Gasteiger partial charge on any atom is 0.132 e. The lowest BCUT2D eigenvalue weighted by molar-refractivity contribution is 0.960. The highest BCUT2D eigenvalue weighted by Gasteiger charge is 2.09. The second-order valence-corrected chi connectivity index (χ2v) is 5.18. The Kier molecular flexibility index (Phi) is 3.82. The second kappa shape index (κ2) is 5.92. The van der Waals surface area contributed by atoms with Crippen LogP contribution in [-0.4, -0.2) is 16.5 Å². The molecular formula is C18H19N3. The van der Waals surface area contributed by atoms with E-state index in [1.54, 1.807) is 6.33 Å². The molecule has 0 spiro atoms. The molecule has 21 heavy (non-hydrogen) atoms. The van der Waals surface area contributed by atoms with Gasteiger partial charge in [-0.2, -0.15) is 0 Å². The van der Waals surface area contributed by atoms with E-state index in [2.05, 4.69) is 71.6 Å². The molecule has 1 N–H and O–H groups in total. The molecule has 0 unspecified atom stereocenters. The quantitative estimate of drug-likeness (QED) is 0.766. The van der Waals surface area contributed by atoms with Crippen LogP contribution in [0.15, 0.2) is 48.8 Å². The number of hydrogen-bond donors (Lipinski definition) is 1. The molecule has 0 aliphatic carbocycles. The van der Waals surface area contributed by atoms with E-state index in [1.807, 2.05) is 0 Å². The van der Waals surface area contributed by atoms with Gasteiger partial charge in [0.1, 0.15) is 12.1 Å². The number of benzene rings is 2. The molecule has 3 heteroatoms. The average molecular weight is 277 g/mol. The van der Waals surface area contributed by atoms with E-state index in [4.69, 9.17) is 0 Å². The lowest BCUT2D eigenvalue weighted by atomic mass is 10.0. The fraction of sp³-hybridized carbons (Fsp3) is 0.222. The van der Waals surface area contributed by atoms with Crippen LogP contribution >= 0.6 is 0 Å². The molecule has 2 aromatic carbocycles. The van der Waals surface area contributed by atoms with Crippen LogP contribution in [0.3, 0.4) is 0 Å². The lowest BCUT2D eigenvalue weighted by Gasteiger charge is -2.11. The molecule has 0 amide bonds. The summed E-state index contributed by atoms with van der Waals surface area (Å²) in [6.07, 6.45) is 2.71. The summed E-state index contributed by atoms with van der Waals surface area (Å²) in [6, 6.07) is 14.8. The number of anilines is 1. The van der Waals surface area contributed by atoms with Crippen LogP contribution in [0.4, 0.5) is 5.82 Å². The van der Waals surface area contributed by atoms with E-state index in [-0.39, 0.29) is 0 Å². The maximum absolute atomic E-state index is 4.47. The SMILES string of the molecule is CCCNc1ncnc(-c2ccc3ccccc3c2)c1C. The van der Waals surface area contributed by atoms with Crippen LogP contribution in [-0.2, 0) is 0 Å². The minimum atomic E-state index is 0.926. The molecule has 0 saturated heterocycles. The summed E-state index contributed by atoms with van der Waals surface area (Å²) in [5, 5.41) is 5.84. The molecule has 0 saturated carbocycles. The molecular weight excluding hydrogens is 258 g/mol. The molecule has 0 fully saturated rings. The van der Waals surface area contributed by atoms with Gasteiger partial charge in [-0.25, -0.2) is 9.97 Å². The Morgan fingerprint density at radius 2 is 1.81 bits per heavy atom. The largest absolute Gasteiger partial charge is 0.370 e. The first-order valence-corrected chi connectivity index (χ1v) is 7.34. The Morgan fingerprint density at radius 3 is 2.62 bits per heavy atom. The highest BCUT2D eigenvalue weighted by atomic mass is 15.0. The van der Waals surface area contributed by atoms with Crippen molar-refractivity contribution >= 4 is 16.6 Å². The smallest absolute Gasteiger partial charge is 0.132 e. The topological polar surface area (TPSA) is 37.8 Å². The van der Waals surface area contributed by atoms with Gasteiger partial charge >= 0.3 is 0 Å². The van der Waals surface area contributed by atoms with Crippen LogP contribution in [0.2, 0.25) is 0 Å². The van der Waals surface area contributed by atoms with Crippen LogP contribution < -0.4 is 5.32 Å². The third-order valence-corrected chi connectivity index (χ3v) is 3.65.